The molecule has 196 valence electrons. The van der Waals surface area contributed by atoms with Crippen molar-refractivity contribution >= 4 is 86.7 Å². The van der Waals surface area contributed by atoms with E-state index in [1.807, 2.05) is 11.3 Å². The lowest BCUT2D eigenvalue weighted by atomic mass is 9.99. The molecule has 0 fully saturated rings. The van der Waals surface area contributed by atoms with Crippen molar-refractivity contribution in [3.05, 3.63) is 128 Å². The van der Waals surface area contributed by atoms with Crippen LogP contribution in [0, 0.1) is 20.2 Å². The number of thiophene rings is 1. The van der Waals surface area contributed by atoms with E-state index in [1.54, 1.807) is 0 Å². The minimum absolute atomic E-state index is 1.10. The first kappa shape index (κ1) is 21.7. The van der Waals surface area contributed by atoms with Crippen molar-refractivity contribution in [2.24, 2.45) is 0 Å². The Kier molecular flexibility index (Phi) is 3.51. The summed E-state index contributed by atoms with van der Waals surface area (Å²) in [4.78, 5) is 1.48. The molecule has 2 aliphatic carbocycles. The predicted octanol–water partition coefficient (Wildman–Crippen LogP) is 11.8. The van der Waals surface area contributed by atoms with Gasteiger partial charge >= 0.3 is 0 Å². The Bertz CT molecular complexity index is 2940. The molecule has 0 atom stereocenters. The monoisotopic (exact) mass is 558 g/mol. The summed E-state index contributed by atoms with van der Waals surface area (Å²) >= 11 is 1.98. The van der Waals surface area contributed by atoms with Gasteiger partial charge in [0.05, 0.1) is 0 Å². The Balaban J connectivity index is 1.22. The molecule has 0 radical (unpaired) electrons. The van der Waals surface area contributed by atoms with E-state index in [1.165, 1.54) is 123 Å². The summed E-state index contributed by atoms with van der Waals surface area (Å²) < 4.78 is 1.46. The third-order valence-corrected chi connectivity index (χ3v) is 12.1. The molecule has 0 bridgehead atoms. The molecule has 0 saturated carbocycles. The lowest BCUT2D eigenvalue weighted by Gasteiger charge is -2.05. The van der Waals surface area contributed by atoms with Crippen LogP contribution in [-0.2, 0) is 6.42 Å². The molecule has 0 saturated heterocycles. The van der Waals surface area contributed by atoms with Gasteiger partial charge in [-0.1, -0.05) is 79.7 Å². The quantitative estimate of drug-likeness (QED) is 0.188. The van der Waals surface area contributed by atoms with Crippen molar-refractivity contribution in [3.8, 4) is 22.3 Å². The van der Waals surface area contributed by atoms with Gasteiger partial charge in [0.2, 0.25) is 0 Å². The van der Waals surface area contributed by atoms with Crippen LogP contribution in [0.4, 0.5) is 0 Å². The standard InChI is InChI=1S/C42H22S/c1-2-22-17-37-29-12-11-27-35-18-33-25-9-7-23-31-15-20-5-3-4-6-21(20)16-32(31)24-8-10-26(39(25)38(23)24)34(33)19-36(35)28-13-14-30(42(37)43-22)41(29)40(27)28/h3-19H,2H2,1H3. The topological polar surface area (TPSA) is 0 Å². The van der Waals surface area contributed by atoms with Crippen molar-refractivity contribution in [3.63, 3.8) is 0 Å². The van der Waals surface area contributed by atoms with Gasteiger partial charge in [-0.2, -0.15) is 0 Å². The molecule has 0 unspecified atom stereocenters. The molecule has 10 aromatic rings. The largest absolute Gasteiger partial charge is 0.140 e. The third-order valence-electron chi connectivity index (χ3n) is 10.8. The molecular weight excluding hydrogens is 537 g/mol. The smallest absolute Gasteiger partial charge is 0.0430 e. The summed E-state index contributed by atoms with van der Waals surface area (Å²) in [5.74, 6) is 0. The molecule has 0 N–H and O–H groups in total. The molecule has 1 aromatic heterocycles. The lowest BCUT2D eigenvalue weighted by Crippen LogP contribution is -1.79. The second-order valence-electron chi connectivity index (χ2n) is 12.6. The molecule has 0 amide bonds. The second kappa shape index (κ2) is 6.97. The summed E-state index contributed by atoms with van der Waals surface area (Å²) in [5, 5.41) is 23.8. The summed E-state index contributed by atoms with van der Waals surface area (Å²) in [6.45, 7) is 2.26. The number of hydrogen-bond donors (Lipinski definition) is 0. The molecule has 1 heteroatoms. The van der Waals surface area contributed by atoms with Crippen LogP contribution in [0.15, 0.2) is 103 Å². The molecule has 0 aliphatic heterocycles. The molecule has 12 rings (SSSR count). The third kappa shape index (κ3) is 2.32. The SMILES string of the molecule is CCc1cc2c(s1)=c1ccc3c4cc5c(cc4c4ccc=2c1c43)c1ccc2c3c(ccc5c31)-c1cc3ccccc3cc1-2. The van der Waals surface area contributed by atoms with Crippen molar-refractivity contribution in [2.45, 2.75) is 13.3 Å². The van der Waals surface area contributed by atoms with Crippen LogP contribution in [0.3, 0.4) is 0 Å². The minimum Gasteiger partial charge on any atom is -0.140 e. The Hall–Kier alpha value is -4.98. The van der Waals surface area contributed by atoms with E-state index in [-0.39, 0.29) is 0 Å². The van der Waals surface area contributed by atoms with Crippen molar-refractivity contribution in [1.82, 2.24) is 0 Å². The normalized spacial score (nSPS) is 13.3. The van der Waals surface area contributed by atoms with Crippen LogP contribution < -0.4 is 0 Å². The molecule has 2 aliphatic rings. The van der Waals surface area contributed by atoms with Crippen molar-refractivity contribution in [1.29, 1.82) is 0 Å². The summed E-state index contributed by atoms with van der Waals surface area (Å²) in [7, 11) is 0. The van der Waals surface area contributed by atoms with Gasteiger partial charge in [-0.25, -0.2) is 0 Å². The maximum absolute atomic E-state index is 2.51. The van der Waals surface area contributed by atoms with Crippen LogP contribution in [0.1, 0.15) is 11.8 Å². The number of rotatable bonds is 1. The first-order valence-electron chi connectivity index (χ1n) is 15.3. The van der Waals surface area contributed by atoms with Gasteiger partial charge in [0.15, 0.2) is 0 Å². The fourth-order valence-electron chi connectivity index (χ4n) is 8.94. The van der Waals surface area contributed by atoms with Gasteiger partial charge in [-0.15, -0.1) is 11.3 Å². The van der Waals surface area contributed by atoms with E-state index in [0.29, 0.717) is 0 Å². The zero-order valence-corrected chi connectivity index (χ0v) is 24.2. The Morgan fingerprint density at radius 1 is 0.419 bits per heavy atom. The van der Waals surface area contributed by atoms with Crippen LogP contribution in [0.2, 0.25) is 0 Å². The van der Waals surface area contributed by atoms with Crippen LogP contribution in [0.5, 0.6) is 0 Å². The van der Waals surface area contributed by atoms with Gasteiger partial charge < -0.3 is 0 Å². The molecule has 43 heavy (non-hydrogen) atoms. The summed E-state index contributed by atoms with van der Waals surface area (Å²) in [6.07, 6.45) is 1.10. The van der Waals surface area contributed by atoms with E-state index < -0.39 is 0 Å². The fourth-order valence-corrected chi connectivity index (χ4v) is 10.1. The highest BCUT2D eigenvalue weighted by molar-refractivity contribution is 7.10. The highest BCUT2D eigenvalue weighted by Gasteiger charge is 2.26. The van der Waals surface area contributed by atoms with Crippen LogP contribution in [0.25, 0.3) is 97.7 Å². The Morgan fingerprint density at radius 3 is 1.53 bits per heavy atom. The minimum atomic E-state index is 1.10. The van der Waals surface area contributed by atoms with Crippen molar-refractivity contribution < 1.29 is 0 Å². The Labute approximate surface area is 249 Å². The first-order chi connectivity index (χ1) is 21.3. The van der Waals surface area contributed by atoms with Crippen molar-refractivity contribution in [2.75, 3.05) is 0 Å². The van der Waals surface area contributed by atoms with E-state index in [4.69, 9.17) is 0 Å². The zero-order valence-electron chi connectivity index (χ0n) is 23.4. The zero-order chi connectivity index (χ0) is 27.7. The average Bonchev–Trinajstić information content (AvgIpc) is 3.83. The number of fused-ring (bicyclic) bond motifs is 11. The molecule has 0 nitrogen and oxygen atoms in total. The molecular formula is C42H22S. The number of aryl methyl sites for hydroxylation is 1. The van der Waals surface area contributed by atoms with Gasteiger partial charge in [-0.05, 0) is 140 Å². The number of hydrogen-bond acceptors (Lipinski definition) is 1. The maximum atomic E-state index is 2.51. The van der Waals surface area contributed by atoms with E-state index in [0.717, 1.165) is 6.42 Å². The van der Waals surface area contributed by atoms with Gasteiger partial charge in [-0.3, -0.25) is 0 Å². The highest BCUT2D eigenvalue weighted by Crippen LogP contribution is 2.54. The predicted molar refractivity (Wildman–Crippen MR) is 185 cm³/mol. The average molecular weight is 559 g/mol. The van der Waals surface area contributed by atoms with Gasteiger partial charge in [0.25, 0.3) is 0 Å². The summed E-state index contributed by atoms with van der Waals surface area (Å²) in [6, 6.07) is 40.1. The summed E-state index contributed by atoms with van der Waals surface area (Å²) in [5.41, 5.74) is 5.49. The lowest BCUT2D eigenvalue weighted by molar-refractivity contribution is 1.18. The molecule has 0 spiro atoms. The number of benzene rings is 7. The van der Waals surface area contributed by atoms with E-state index >= 15 is 0 Å². The van der Waals surface area contributed by atoms with Crippen LogP contribution in [-0.4, -0.2) is 0 Å². The van der Waals surface area contributed by atoms with Gasteiger partial charge in [0, 0.05) is 19.8 Å². The van der Waals surface area contributed by atoms with E-state index in [9.17, 15) is 0 Å². The van der Waals surface area contributed by atoms with E-state index in [2.05, 4.69) is 110 Å². The van der Waals surface area contributed by atoms with Gasteiger partial charge in [0.1, 0.15) is 0 Å². The molecule has 1 heterocycles. The maximum Gasteiger partial charge on any atom is 0.0430 e. The first-order valence-corrected chi connectivity index (χ1v) is 16.1. The fraction of sp³-hybridized carbons (Fsp3) is 0.0476. The Morgan fingerprint density at radius 2 is 0.953 bits per heavy atom. The molecule has 9 aromatic carbocycles. The second-order valence-corrected chi connectivity index (χ2v) is 13.8. The highest BCUT2D eigenvalue weighted by atomic mass is 32.1. The van der Waals surface area contributed by atoms with Crippen LogP contribution >= 0.6 is 11.3 Å².